The van der Waals surface area contributed by atoms with Gasteiger partial charge in [-0.15, -0.1) is 0 Å². The maximum absolute atomic E-state index is 11.6. The van der Waals surface area contributed by atoms with Gasteiger partial charge < -0.3 is 4.74 Å². The minimum absolute atomic E-state index is 0.239. The summed E-state index contributed by atoms with van der Waals surface area (Å²) in [4.78, 5) is 16.0. The summed E-state index contributed by atoms with van der Waals surface area (Å²) in [7, 11) is 1.42. The quantitative estimate of drug-likeness (QED) is 0.394. The summed E-state index contributed by atoms with van der Waals surface area (Å²) in [5.74, 6) is 2.21. The van der Waals surface area contributed by atoms with Gasteiger partial charge in [0.15, 0.2) is 0 Å². The van der Waals surface area contributed by atoms with Crippen LogP contribution < -0.4 is 0 Å². The fraction of sp³-hybridized carbons (Fsp3) is 0.529. The topological polar surface area (TPSA) is 38.7 Å². The summed E-state index contributed by atoms with van der Waals surface area (Å²) in [6, 6.07) is 10.1. The lowest BCUT2D eigenvalue weighted by molar-refractivity contribution is -0.142. The lowest BCUT2D eigenvalue weighted by atomic mass is 10.0. The fourth-order valence-corrected chi connectivity index (χ4v) is 2.75. The molecule has 0 fully saturated rings. The molecule has 1 atom stereocenters. The predicted molar refractivity (Wildman–Crippen MR) is 91.0 cm³/mol. The monoisotopic (exact) mass is 307 g/mol. The van der Waals surface area contributed by atoms with E-state index in [2.05, 4.69) is 43.1 Å². The van der Waals surface area contributed by atoms with Gasteiger partial charge in [-0.1, -0.05) is 44.2 Å². The van der Waals surface area contributed by atoms with Gasteiger partial charge in [0.05, 0.1) is 7.11 Å². The second-order valence-electron chi connectivity index (χ2n) is 5.33. The van der Waals surface area contributed by atoms with Crippen LogP contribution in [0.5, 0.6) is 0 Å². The summed E-state index contributed by atoms with van der Waals surface area (Å²) in [5.41, 5.74) is 1.34. The third kappa shape index (κ3) is 7.90. The Morgan fingerprint density at radius 1 is 1.33 bits per heavy atom. The lowest BCUT2D eigenvalue weighted by Crippen LogP contribution is -2.22. The van der Waals surface area contributed by atoms with Crippen LogP contribution in [-0.4, -0.2) is 31.1 Å². The zero-order chi connectivity index (χ0) is 15.5. The molecule has 0 heterocycles. The molecule has 3 nitrogen and oxygen atoms in total. The van der Waals surface area contributed by atoms with E-state index in [0.717, 1.165) is 24.3 Å². The Morgan fingerprint density at radius 3 is 2.67 bits per heavy atom. The zero-order valence-corrected chi connectivity index (χ0v) is 13.9. The SMILES string of the molecule is COC(=O)[C@H](CC(C)C)N=CCCSCc1ccccc1. The lowest BCUT2D eigenvalue weighted by Gasteiger charge is -2.12. The molecule has 116 valence electrons. The van der Waals surface area contributed by atoms with Gasteiger partial charge in [-0.2, -0.15) is 11.8 Å². The van der Waals surface area contributed by atoms with Gasteiger partial charge in [0, 0.05) is 12.0 Å². The molecule has 0 bridgehead atoms. The van der Waals surface area contributed by atoms with Crippen LogP contribution >= 0.6 is 11.8 Å². The van der Waals surface area contributed by atoms with Gasteiger partial charge in [0.25, 0.3) is 0 Å². The van der Waals surface area contributed by atoms with E-state index < -0.39 is 0 Å². The number of benzene rings is 1. The summed E-state index contributed by atoms with van der Waals surface area (Å²) < 4.78 is 4.79. The molecule has 0 amide bonds. The molecule has 0 aliphatic heterocycles. The number of carbonyl (C=O) groups excluding carboxylic acids is 1. The van der Waals surface area contributed by atoms with Crippen LogP contribution in [0.1, 0.15) is 32.3 Å². The largest absolute Gasteiger partial charge is 0.467 e. The van der Waals surface area contributed by atoms with Crippen LogP contribution in [-0.2, 0) is 15.3 Å². The zero-order valence-electron chi connectivity index (χ0n) is 13.1. The number of nitrogens with zero attached hydrogens (tertiary/aromatic N) is 1. The number of aliphatic imine (C=N–C) groups is 1. The molecule has 0 unspecified atom stereocenters. The van der Waals surface area contributed by atoms with Crippen LogP contribution in [0.25, 0.3) is 0 Å². The number of ether oxygens (including phenoxy) is 1. The number of carbonyl (C=O) groups is 1. The average Bonchev–Trinajstić information content (AvgIpc) is 2.49. The molecule has 0 N–H and O–H groups in total. The highest BCUT2D eigenvalue weighted by molar-refractivity contribution is 7.98. The van der Waals surface area contributed by atoms with Crippen LogP contribution in [0.2, 0.25) is 0 Å². The van der Waals surface area contributed by atoms with Gasteiger partial charge in [-0.25, -0.2) is 4.79 Å². The number of hydrogen-bond donors (Lipinski definition) is 0. The maximum atomic E-state index is 11.6. The first-order chi connectivity index (χ1) is 10.1. The molecule has 1 aromatic rings. The van der Waals surface area contributed by atoms with Crippen molar-refractivity contribution in [3.8, 4) is 0 Å². The van der Waals surface area contributed by atoms with E-state index in [0.29, 0.717) is 5.92 Å². The Hall–Kier alpha value is -1.29. The molecule has 0 aliphatic carbocycles. The smallest absolute Gasteiger partial charge is 0.330 e. The molecule has 0 saturated heterocycles. The summed E-state index contributed by atoms with van der Waals surface area (Å²) in [6.07, 6.45) is 3.48. The van der Waals surface area contributed by atoms with E-state index in [4.69, 9.17) is 4.74 Å². The fourth-order valence-electron chi connectivity index (χ4n) is 1.90. The van der Waals surface area contributed by atoms with Crippen molar-refractivity contribution < 1.29 is 9.53 Å². The number of hydrogen-bond acceptors (Lipinski definition) is 4. The molecule has 1 rings (SSSR count). The van der Waals surface area contributed by atoms with E-state index in [1.54, 1.807) is 0 Å². The van der Waals surface area contributed by atoms with Crippen molar-refractivity contribution in [3.63, 3.8) is 0 Å². The van der Waals surface area contributed by atoms with Crippen LogP contribution in [0.4, 0.5) is 0 Å². The Balaban J connectivity index is 2.26. The minimum atomic E-state index is -0.353. The molecule has 0 aromatic heterocycles. The third-order valence-electron chi connectivity index (χ3n) is 2.96. The highest BCUT2D eigenvalue weighted by Gasteiger charge is 2.18. The van der Waals surface area contributed by atoms with Gasteiger partial charge in [-0.05, 0) is 30.1 Å². The Kier molecular flexibility index (Phi) is 8.83. The minimum Gasteiger partial charge on any atom is -0.467 e. The number of methoxy groups -OCH3 is 1. The highest BCUT2D eigenvalue weighted by atomic mass is 32.2. The molecule has 0 radical (unpaired) electrons. The molecular formula is C17H25NO2S. The van der Waals surface area contributed by atoms with E-state index in [9.17, 15) is 4.79 Å². The normalized spacial score (nSPS) is 12.8. The van der Waals surface area contributed by atoms with Crippen molar-refractivity contribution in [1.82, 2.24) is 0 Å². The molecule has 21 heavy (non-hydrogen) atoms. The Morgan fingerprint density at radius 2 is 2.05 bits per heavy atom. The van der Waals surface area contributed by atoms with Crippen molar-refractivity contribution in [3.05, 3.63) is 35.9 Å². The number of rotatable bonds is 9. The first kappa shape index (κ1) is 17.8. The third-order valence-corrected chi connectivity index (χ3v) is 4.02. The second kappa shape index (κ2) is 10.4. The van der Waals surface area contributed by atoms with Gasteiger partial charge in [0.1, 0.15) is 6.04 Å². The first-order valence-corrected chi connectivity index (χ1v) is 8.50. The van der Waals surface area contributed by atoms with Gasteiger partial charge in [-0.3, -0.25) is 4.99 Å². The molecule has 0 aliphatic rings. The van der Waals surface area contributed by atoms with Crippen LogP contribution in [0, 0.1) is 5.92 Å². The number of esters is 1. The van der Waals surface area contributed by atoms with Crippen molar-refractivity contribution in [2.75, 3.05) is 12.9 Å². The van der Waals surface area contributed by atoms with Gasteiger partial charge >= 0.3 is 5.97 Å². The summed E-state index contributed by atoms with van der Waals surface area (Å²) in [6.45, 7) is 4.17. The van der Waals surface area contributed by atoms with E-state index in [1.165, 1.54) is 12.7 Å². The standard InChI is InChI=1S/C17H25NO2S/c1-14(2)12-16(17(19)20-3)18-10-7-11-21-13-15-8-5-4-6-9-15/h4-6,8-10,14,16H,7,11-13H2,1-3H3/t16-/m0/s1. The second-order valence-corrected chi connectivity index (χ2v) is 6.43. The molecule has 1 aromatic carbocycles. The van der Waals surface area contributed by atoms with E-state index in [-0.39, 0.29) is 12.0 Å². The average molecular weight is 307 g/mol. The number of thioether (sulfide) groups is 1. The van der Waals surface area contributed by atoms with Gasteiger partial charge in [0.2, 0.25) is 0 Å². The Bertz CT molecular complexity index is 432. The first-order valence-electron chi connectivity index (χ1n) is 7.34. The van der Waals surface area contributed by atoms with E-state index in [1.807, 2.05) is 24.0 Å². The molecular weight excluding hydrogens is 282 g/mol. The highest BCUT2D eigenvalue weighted by Crippen LogP contribution is 2.13. The molecule has 0 saturated carbocycles. The van der Waals surface area contributed by atoms with E-state index >= 15 is 0 Å². The van der Waals surface area contributed by atoms with Crippen LogP contribution in [0.15, 0.2) is 35.3 Å². The van der Waals surface area contributed by atoms with Crippen molar-refractivity contribution in [2.45, 2.75) is 38.5 Å². The summed E-state index contributed by atoms with van der Waals surface area (Å²) >= 11 is 1.88. The van der Waals surface area contributed by atoms with Crippen molar-refractivity contribution in [1.29, 1.82) is 0 Å². The van der Waals surface area contributed by atoms with Crippen molar-refractivity contribution >= 4 is 23.9 Å². The predicted octanol–water partition coefficient (Wildman–Crippen LogP) is 3.97. The summed E-state index contributed by atoms with van der Waals surface area (Å²) in [5, 5.41) is 0. The van der Waals surface area contributed by atoms with Crippen molar-refractivity contribution in [2.24, 2.45) is 10.9 Å². The maximum Gasteiger partial charge on any atom is 0.330 e. The Labute approximate surface area is 132 Å². The van der Waals surface area contributed by atoms with Crippen LogP contribution in [0.3, 0.4) is 0 Å². The molecule has 4 heteroatoms. The molecule has 0 spiro atoms.